The lowest BCUT2D eigenvalue weighted by molar-refractivity contribution is -0.147. The molecule has 0 aromatic carbocycles. The van der Waals surface area contributed by atoms with Crippen molar-refractivity contribution in [2.45, 2.75) is 19.8 Å². The molecular formula is C11H13NO4. The molecule has 0 fully saturated rings. The van der Waals surface area contributed by atoms with E-state index in [4.69, 9.17) is 11.7 Å². The van der Waals surface area contributed by atoms with Crippen LogP contribution in [0.4, 0.5) is 0 Å². The maximum absolute atomic E-state index is 11.2. The van der Waals surface area contributed by atoms with E-state index < -0.39 is 17.9 Å². The second kappa shape index (κ2) is 8.31. The van der Waals surface area contributed by atoms with Crippen molar-refractivity contribution in [2.75, 3.05) is 13.2 Å². The maximum Gasteiger partial charge on any atom is 0.309 e. The second-order valence-electron chi connectivity index (χ2n) is 3.07. The van der Waals surface area contributed by atoms with Crippen LogP contribution in [-0.4, -0.2) is 25.2 Å². The van der Waals surface area contributed by atoms with Crippen LogP contribution in [0.25, 0.3) is 0 Å². The van der Waals surface area contributed by atoms with Crippen LogP contribution >= 0.6 is 0 Å². The van der Waals surface area contributed by atoms with Gasteiger partial charge in [-0.2, -0.15) is 5.26 Å². The summed E-state index contributed by atoms with van der Waals surface area (Å²) in [7, 11) is 0. The summed E-state index contributed by atoms with van der Waals surface area (Å²) in [6.45, 7) is 1.28. The number of rotatable bonds is 6. The van der Waals surface area contributed by atoms with Gasteiger partial charge in [-0.1, -0.05) is 12.8 Å². The Hall–Kier alpha value is -2.01. The smallest absolute Gasteiger partial charge is 0.309 e. The molecule has 0 heterocycles. The first kappa shape index (κ1) is 14.0. The van der Waals surface area contributed by atoms with E-state index in [1.807, 2.05) is 0 Å². The van der Waals surface area contributed by atoms with Crippen LogP contribution in [-0.2, 0) is 19.1 Å². The first-order chi connectivity index (χ1) is 7.61. The molecule has 0 bridgehead atoms. The van der Waals surface area contributed by atoms with Crippen molar-refractivity contribution in [2.24, 2.45) is 5.92 Å². The van der Waals surface area contributed by atoms with Crippen molar-refractivity contribution in [3.63, 3.8) is 0 Å². The molecule has 1 unspecified atom stereocenters. The molecule has 86 valence electrons. The lowest BCUT2D eigenvalue weighted by Gasteiger charge is -2.08. The molecule has 5 nitrogen and oxygen atoms in total. The van der Waals surface area contributed by atoms with Gasteiger partial charge in [0.05, 0.1) is 5.92 Å². The molecule has 0 aromatic heterocycles. The number of carbonyl (C=O) groups is 2. The van der Waals surface area contributed by atoms with Gasteiger partial charge in [-0.05, 0) is 6.42 Å². The third-order valence-electron chi connectivity index (χ3n) is 1.78. The minimum Gasteiger partial charge on any atom is -0.452 e. The third-order valence-corrected chi connectivity index (χ3v) is 1.78. The summed E-state index contributed by atoms with van der Waals surface area (Å²) in [5, 5.41) is 8.19. The molecule has 5 heteroatoms. The number of carbonyl (C=O) groups excluding carboxylic acids is 2. The van der Waals surface area contributed by atoms with Crippen molar-refractivity contribution in [3.05, 3.63) is 0 Å². The van der Waals surface area contributed by atoms with E-state index in [1.54, 1.807) is 13.0 Å². The molecule has 0 radical (unpaired) electrons. The van der Waals surface area contributed by atoms with Gasteiger partial charge in [0.15, 0.2) is 13.2 Å². The van der Waals surface area contributed by atoms with E-state index in [0.717, 1.165) is 0 Å². The van der Waals surface area contributed by atoms with Crippen molar-refractivity contribution in [3.8, 4) is 18.4 Å². The van der Waals surface area contributed by atoms with Crippen molar-refractivity contribution in [1.82, 2.24) is 0 Å². The summed E-state index contributed by atoms with van der Waals surface area (Å²) < 4.78 is 9.20. The molecule has 0 amide bonds. The quantitative estimate of drug-likeness (QED) is 0.488. The Bertz CT molecular complexity index is 324. The predicted molar refractivity (Wildman–Crippen MR) is 54.8 cm³/mol. The van der Waals surface area contributed by atoms with Crippen molar-refractivity contribution in [1.29, 1.82) is 5.26 Å². The Morgan fingerprint density at radius 1 is 1.38 bits per heavy atom. The van der Waals surface area contributed by atoms with E-state index in [1.165, 1.54) is 0 Å². The molecule has 16 heavy (non-hydrogen) atoms. The minimum absolute atomic E-state index is 0.0634. The van der Waals surface area contributed by atoms with Gasteiger partial charge in [-0.25, -0.2) is 0 Å². The number of nitriles is 1. The molecule has 0 aliphatic heterocycles. The zero-order valence-electron chi connectivity index (χ0n) is 9.06. The van der Waals surface area contributed by atoms with Gasteiger partial charge in [-0.15, -0.1) is 6.42 Å². The summed E-state index contributed by atoms with van der Waals surface area (Å²) in [4.78, 5) is 22.2. The number of esters is 2. The van der Waals surface area contributed by atoms with Gasteiger partial charge >= 0.3 is 11.9 Å². The van der Waals surface area contributed by atoms with Crippen LogP contribution in [0, 0.1) is 29.6 Å². The highest BCUT2D eigenvalue weighted by atomic mass is 16.5. The lowest BCUT2D eigenvalue weighted by atomic mass is 10.1. The molecule has 1 atom stereocenters. The van der Waals surface area contributed by atoms with Crippen molar-refractivity contribution < 1.29 is 19.1 Å². The Labute approximate surface area is 94.3 Å². The van der Waals surface area contributed by atoms with Gasteiger partial charge in [0, 0.05) is 6.42 Å². The van der Waals surface area contributed by atoms with Gasteiger partial charge in [0.1, 0.15) is 6.07 Å². The summed E-state index contributed by atoms with van der Waals surface area (Å²) in [6, 6.07) is 1.69. The fourth-order valence-electron chi connectivity index (χ4n) is 0.892. The standard InChI is InChI=1S/C11H13NO4/c1-3-7-15-10(13)5-4-9(2)11(14)16-8-6-12/h1,9H,4-5,7-8H2,2H3. The maximum atomic E-state index is 11.2. The molecule has 0 aromatic rings. The zero-order valence-corrected chi connectivity index (χ0v) is 9.06. The van der Waals surface area contributed by atoms with E-state index in [-0.39, 0.29) is 19.6 Å². The van der Waals surface area contributed by atoms with E-state index in [0.29, 0.717) is 6.42 Å². The van der Waals surface area contributed by atoms with Gasteiger partial charge < -0.3 is 9.47 Å². The Balaban J connectivity index is 3.76. The second-order valence-corrected chi connectivity index (χ2v) is 3.07. The highest BCUT2D eigenvalue weighted by molar-refractivity contribution is 5.74. The van der Waals surface area contributed by atoms with Crippen LogP contribution in [0.1, 0.15) is 19.8 Å². The number of hydrogen-bond donors (Lipinski definition) is 0. The topological polar surface area (TPSA) is 76.4 Å². The van der Waals surface area contributed by atoms with Gasteiger partial charge in [-0.3, -0.25) is 9.59 Å². The molecule has 0 aliphatic rings. The predicted octanol–water partition coefficient (Wildman–Crippen LogP) is 0.646. The van der Waals surface area contributed by atoms with Crippen LogP contribution < -0.4 is 0 Å². The minimum atomic E-state index is -0.494. The molecule has 0 N–H and O–H groups in total. The molecule has 0 saturated carbocycles. The molecular weight excluding hydrogens is 210 g/mol. The van der Waals surface area contributed by atoms with Crippen LogP contribution in [0.3, 0.4) is 0 Å². The number of hydrogen-bond acceptors (Lipinski definition) is 5. The Morgan fingerprint density at radius 2 is 2.06 bits per heavy atom. The number of terminal acetylenes is 1. The SMILES string of the molecule is C#CCOC(=O)CCC(C)C(=O)OCC#N. The van der Waals surface area contributed by atoms with E-state index >= 15 is 0 Å². The Morgan fingerprint density at radius 3 is 2.62 bits per heavy atom. The number of nitrogens with zero attached hydrogens (tertiary/aromatic N) is 1. The first-order valence-electron chi connectivity index (χ1n) is 4.74. The third kappa shape index (κ3) is 6.44. The monoisotopic (exact) mass is 223 g/mol. The van der Waals surface area contributed by atoms with Crippen LogP contribution in [0.5, 0.6) is 0 Å². The highest BCUT2D eigenvalue weighted by Gasteiger charge is 2.16. The van der Waals surface area contributed by atoms with E-state index in [9.17, 15) is 9.59 Å². The highest BCUT2D eigenvalue weighted by Crippen LogP contribution is 2.08. The average molecular weight is 223 g/mol. The fraction of sp³-hybridized carbons (Fsp3) is 0.545. The first-order valence-corrected chi connectivity index (χ1v) is 4.74. The zero-order chi connectivity index (χ0) is 12.4. The summed E-state index contributed by atoms with van der Waals surface area (Å²) in [6.07, 6.45) is 5.32. The van der Waals surface area contributed by atoms with Crippen molar-refractivity contribution >= 4 is 11.9 Å². The molecule has 0 aliphatic carbocycles. The van der Waals surface area contributed by atoms with Gasteiger partial charge in [0.25, 0.3) is 0 Å². The lowest BCUT2D eigenvalue weighted by Crippen LogP contribution is -2.17. The van der Waals surface area contributed by atoms with Gasteiger partial charge in [0.2, 0.25) is 0 Å². The average Bonchev–Trinajstić information content (AvgIpc) is 2.30. The van der Waals surface area contributed by atoms with Crippen LogP contribution in [0.15, 0.2) is 0 Å². The van der Waals surface area contributed by atoms with E-state index in [2.05, 4.69) is 15.4 Å². The van der Waals surface area contributed by atoms with Crippen LogP contribution in [0.2, 0.25) is 0 Å². The summed E-state index contributed by atoms with van der Waals surface area (Å²) >= 11 is 0. The molecule has 0 spiro atoms. The molecule has 0 saturated heterocycles. The summed E-state index contributed by atoms with van der Waals surface area (Å²) in [5.41, 5.74) is 0. The fourth-order valence-corrected chi connectivity index (χ4v) is 0.892. The number of ether oxygens (including phenoxy) is 2. The summed E-state index contributed by atoms with van der Waals surface area (Å²) in [5.74, 6) is 0.787. The normalized spacial score (nSPS) is 10.7. The largest absolute Gasteiger partial charge is 0.452 e. The Kier molecular flexibility index (Phi) is 7.27. The molecule has 0 rings (SSSR count).